The largest absolute Gasteiger partial charge is 0.376 e. The molecule has 6 rings (SSSR count). The number of alkyl halides is 1. The third kappa shape index (κ3) is 1.91. The van der Waals surface area contributed by atoms with Gasteiger partial charge in [-0.3, -0.25) is 0 Å². The predicted molar refractivity (Wildman–Crippen MR) is 86.5 cm³/mol. The van der Waals surface area contributed by atoms with Gasteiger partial charge in [0, 0.05) is 17.4 Å². The summed E-state index contributed by atoms with van der Waals surface area (Å²) in [5, 5.41) is 14.1. The Morgan fingerprint density at radius 3 is 2.48 bits per heavy atom. The Morgan fingerprint density at radius 1 is 1.17 bits per heavy atom. The van der Waals surface area contributed by atoms with E-state index in [0.717, 1.165) is 29.9 Å². The smallest absolute Gasteiger partial charge is 0.194 e. The van der Waals surface area contributed by atoms with Gasteiger partial charge in [0.15, 0.2) is 4.93 Å². The normalized spacial score (nSPS) is 43.3. The molecule has 5 heteroatoms. The molecule has 4 saturated carbocycles. The zero-order chi connectivity index (χ0) is 15.7. The van der Waals surface area contributed by atoms with Crippen LogP contribution in [0.3, 0.4) is 0 Å². The molecule has 0 amide bonds. The maximum atomic E-state index is 14.9. The van der Waals surface area contributed by atoms with Crippen LogP contribution < -0.4 is 0 Å². The fourth-order valence-corrected chi connectivity index (χ4v) is 6.64. The van der Waals surface area contributed by atoms with Gasteiger partial charge >= 0.3 is 0 Å². The predicted octanol–water partition coefficient (Wildman–Crippen LogP) is 4.23. The second-order valence-corrected chi connectivity index (χ2v) is 8.72. The van der Waals surface area contributed by atoms with Gasteiger partial charge in [0.05, 0.1) is 11.6 Å². The summed E-state index contributed by atoms with van der Waals surface area (Å²) < 4.78 is 14.9. The fourth-order valence-electron chi connectivity index (χ4n) is 5.25. The maximum Gasteiger partial charge on any atom is 0.194 e. The molecule has 1 spiro atoms. The number of rotatable bonds is 1. The standard InChI is InChI=1S/C18H17FN2OS/c19-17-7-12-5-14(8-17)18(15(6-12)9-17)22-21-16(23-18)13-3-1-11(10-20)2-4-13/h1-4,12,14-15H,5-9H2/t12?,14-,15+,17?,18?. The molecule has 3 unspecified atom stereocenters. The summed E-state index contributed by atoms with van der Waals surface area (Å²) in [7, 11) is 0. The number of halogens is 1. The van der Waals surface area contributed by atoms with Crippen molar-refractivity contribution in [3.8, 4) is 6.07 Å². The summed E-state index contributed by atoms with van der Waals surface area (Å²) >= 11 is 1.69. The lowest BCUT2D eigenvalue weighted by Crippen LogP contribution is -2.60. The maximum absolute atomic E-state index is 14.9. The second kappa shape index (κ2) is 4.51. The molecule has 118 valence electrons. The highest BCUT2D eigenvalue weighted by Gasteiger charge is 2.66. The van der Waals surface area contributed by atoms with Crippen molar-refractivity contribution in [3.63, 3.8) is 0 Å². The summed E-state index contributed by atoms with van der Waals surface area (Å²) in [5.74, 6) is 1.07. The fraction of sp³-hybridized carbons (Fsp3) is 0.556. The zero-order valence-electron chi connectivity index (χ0n) is 12.7. The Kier molecular flexibility index (Phi) is 2.72. The van der Waals surface area contributed by atoms with Crippen LogP contribution in [0.4, 0.5) is 4.39 Å². The van der Waals surface area contributed by atoms with Crippen molar-refractivity contribution >= 4 is 16.8 Å². The van der Waals surface area contributed by atoms with Crippen molar-refractivity contribution in [1.29, 1.82) is 5.26 Å². The van der Waals surface area contributed by atoms with Crippen molar-refractivity contribution in [1.82, 2.24) is 0 Å². The van der Waals surface area contributed by atoms with E-state index in [9.17, 15) is 4.39 Å². The molecule has 23 heavy (non-hydrogen) atoms. The van der Waals surface area contributed by atoms with Gasteiger partial charge in [-0.05, 0) is 50.2 Å². The van der Waals surface area contributed by atoms with E-state index in [1.807, 2.05) is 12.1 Å². The highest BCUT2D eigenvalue weighted by molar-refractivity contribution is 8.15. The molecular weight excluding hydrogens is 311 g/mol. The summed E-state index contributed by atoms with van der Waals surface area (Å²) in [6.45, 7) is 0. The molecule has 5 atom stereocenters. The van der Waals surface area contributed by atoms with E-state index >= 15 is 0 Å². The number of benzene rings is 1. The first-order chi connectivity index (χ1) is 11.1. The van der Waals surface area contributed by atoms with Crippen LogP contribution in [-0.4, -0.2) is 15.6 Å². The van der Waals surface area contributed by atoms with Gasteiger partial charge in [0.25, 0.3) is 0 Å². The number of nitrogens with zero attached hydrogens (tertiary/aromatic N) is 2. The van der Waals surface area contributed by atoms with Gasteiger partial charge in [-0.2, -0.15) is 5.26 Å². The summed E-state index contributed by atoms with van der Waals surface area (Å²) in [6.07, 6.45) is 4.16. The summed E-state index contributed by atoms with van der Waals surface area (Å²) in [5.41, 5.74) is 0.666. The van der Waals surface area contributed by atoms with Crippen LogP contribution in [0.15, 0.2) is 29.4 Å². The van der Waals surface area contributed by atoms with Gasteiger partial charge in [0.1, 0.15) is 10.7 Å². The Labute approximate surface area is 138 Å². The molecule has 0 radical (unpaired) electrons. The molecule has 0 N–H and O–H groups in total. The minimum absolute atomic E-state index is 0.267. The van der Waals surface area contributed by atoms with Crippen LogP contribution in [0.5, 0.6) is 0 Å². The first-order valence-corrected chi connectivity index (χ1v) is 9.06. The molecular formula is C18H17FN2OS. The minimum Gasteiger partial charge on any atom is -0.376 e. The topological polar surface area (TPSA) is 45.4 Å². The Morgan fingerprint density at radius 2 is 1.87 bits per heavy atom. The minimum atomic E-state index is -0.955. The quantitative estimate of drug-likeness (QED) is 0.775. The Balaban J connectivity index is 1.43. The first kappa shape index (κ1) is 13.9. The average molecular weight is 328 g/mol. The van der Waals surface area contributed by atoms with E-state index in [4.69, 9.17) is 10.1 Å². The van der Waals surface area contributed by atoms with E-state index in [-0.39, 0.29) is 16.8 Å². The van der Waals surface area contributed by atoms with Crippen LogP contribution in [0.2, 0.25) is 0 Å². The van der Waals surface area contributed by atoms with Crippen molar-refractivity contribution in [2.24, 2.45) is 22.9 Å². The SMILES string of the molecule is N#Cc1ccc(C2=NOC3(S2)[C@@H]2CC4C[C@H]3CC(F)(C4)C2)cc1. The third-order valence-corrected chi connectivity index (χ3v) is 7.60. The molecule has 3 nitrogen and oxygen atoms in total. The molecule has 0 aromatic heterocycles. The van der Waals surface area contributed by atoms with Gasteiger partial charge in [-0.25, -0.2) is 4.39 Å². The molecule has 4 aliphatic carbocycles. The number of thioether (sulfide) groups is 1. The van der Waals surface area contributed by atoms with Gasteiger partial charge in [-0.1, -0.05) is 29.1 Å². The van der Waals surface area contributed by atoms with Crippen molar-refractivity contribution in [2.75, 3.05) is 0 Å². The molecule has 1 aliphatic heterocycles. The van der Waals surface area contributed by atoms with Crippen LogP contribution in [0.25, 0.3) is 0 Å². The Hall–Kier alpha value is -1.54. The van der Waals surface area contributed by atoms with Crippen molar-refractivity contribution in [2.45, 2.75) is 42.7 Å². The highest BCUT2D eigenvalue weighted by Crippen LogP contribution is 2.67. The van der Waals surface area contributed by atoms with Crippen molar-refractivity contribution < 1.29 is 9.23 Å². The van der Waals surface area contributed by atoms with Gasteiger partial charge in [-0.15, -0.1) is 0 Å². The molecule has 1 heterocycles. The van der Waals surface area contributed by atoms with Crippen LogP contribution in [0.1, 0.15) is 43.2 Å². The molecule has 1 aromatic rings. The lowest BCUT2D eigenvalue weighted by molar-refractivity contribution is -0.180. The second-order valence-electron chi connectivity index (χ2n) is 7.49. The monoisotopic (exact) mass is 328 g/mol. The lowest BCUT2D eigenvalue weighted by Gasteiger charge is -2.59. The average Bonchev–Trinajstić information content (AvgIpc) is 2.98. The number of oxime groups is 1. The summed E-state index contributed by atoms with van der Waals surface area (Å²) in [4.78, 5) is 5.65. The Bertz CT molecular complexity index is 722. The summed E-state index contributed by atoms with van der Waals surface area (Å²) in [6, 6.07) is 9.57. The molecule has 4 bridgehead atoms. The first-order valence-electron chi connectivity index (χ1n) is 8.25. The zero-order valence-corrected chi connectivity index (χ0v) is 13.5. The van der Waals surface area contributed by atoms with Crippen molar-refractivity contribution in [3.05, 3.63) is 35.4 Å². The van der Waals surface area contributed by atoms with Crippen LogP contribution in [-0.2, 0) is 4.84 Å². The van der Waals surface area contributed by atoms with E-state index in [2.05, 4.69) is 11.2 Å². The van der Waals surface area contributed by atoms with E-state index in [1.165, 1.54) is 0 Å². The third-order valence-electron chi connectivity index (χ3n) is 6.04. The molecule has 5 aliphatic rings. The van der Waals surface area contributed by atoms with E-state index in [1.54, 1.807) is 23.9 Å². The van der Waals surface area contributed by atoms with Crippen LogP contribution in [0, 0.1) is 29.1 Å². The van der Waals surface area contributed by atoms with E-state index < -0.39 is 5.67 Å². The molecule has 0 saturated heterocycles. The highest BCUT2D eigenvalue weighted by atomic mass is 32.2. The number of nitriles is 1. The molecule has 4 fully saturated rings. The van der Waals surface area contributed by atoms with Crippen LogP contribution >= 0.6 is 11.8 Å². The van der Waals surface area contributed by atoms with Gasteiger partial charge < -0.3 is 4.84 Å². The molecule has 1 aromatic carbocycles. The number of hydrogen-bond donors (Lipinski definition) is 0. The van der Waals surface area contributed by atoms with E-state index in [0.29, 0.717) is 24.3 Å². The lowest BCUT2D eigenvalue weighted by atomic mass is 9.53. The number of hydrogen-bond acceptors (Lipinski definition) is 4. The van der Waals surface area contributed by atoms with Gasteiger partial charge in [0.2, 0.25) is 0 Å².